The van der Waals surface area contributed by atoms with Crippen molar-refractivity contribution in [2.75, 3.05) is 30.9 Å². The van der Waals surface area contributed by atoms with E-state index in [1.807, 2.05) is 23.1 Å². The lowest BCUT2D eigenvalue weighted by Gasteiger charge is -2.35. The molecule has 1 amide bonds. The van der Waals surface area contributed by atoms with E-state index in [0.717, 1.165) is 30.8 Å². The van der Waals surface area contributed by atoms with Crippen LogP contribution in [0.25, 0.3) is 10.9 Å². The second-order valence-corrected chi connectivity index (χ2v) is 13.6. The number of hydrogen-bond donors (Lipinski definition) is 1. The maximum atomic E-state index is 13.3. The van der Waals surface area contributed by atoms with Gasteiger partial charge in [-0.25, -0.2) is 8.42 Å². The van der Waals surface area contributed by atoms with Crippen LogP contribution in [0.5, 0.6) is 5.75 Å². The number of nitrogens with zero attached hydrogens (tertiary/aromatic N) is 3. The van der Waals surface area contributed by atoms with E-state index in [2.05, 4.69) is 39.7 Å². The van der Waals surface area contributed by atoms with Gasteiger partial charge in [-0.2, -0.15) is 0 Å². The van der Waals surface area contributed by atoms with Gasteiger partial charge >= 0.3 is 0 Å². The highest BCUT2D eigenvalue weighted by atomic mass is 32.2. The summed E-state index contributed by atoms with van der Waals surface area (Å²) in [4.78, 5) is 21.9. The summed E-state index contributed by atoms with van der Waals surface area (Å²) in [5, 5.41) is 0.748. The molecule has 0 radical (unpaired) electrons. The van der Waals surface area contributed by atoms with E-state index in [1.165, 1.54) is 37.7 Å². The third-order valence-corrected chi connectivity index (χ3v) is 10.3. The summed E-state index contributed by atoms with van der Waals surface area (Å²) < 4.78 is 35.4. The van der Waals surface area contributed by atoms with Crippen LogP contribution in [0.3, 0.4) is 0 Å². The number of pyridine rings is 1. The van der Waals surface area contributed by atoms with Gasteiger partial charge in [-0.1, -0.05) is 55.7 Å². The van der Waals surface area contributed by atoms with Gasteiger partial charge in [0.05, 0.1) is 11.6 Å². The van der Waals surface area contributed by atoms with Crippen molar-refractivity contribution in [2.45, 2.75) is 56.6 Å². The SMILES string of the molecule is CC(Oc1ccccc1CN1CCN(C(=O)c2ccc(NS(=O)(=O)c3cccc4cccnc34)cc2)CC1)C1CCCCC1.[HH]. The second kappa shape index (κ2) is 13.4. The van der Waals surface area contributed by atoms with Crippen molar-refractivity contribution in [2.24, 2.45) is 5.92 Å². The Morgan fingerprint density at radius 1 is 0.932 bits per heavy atom. The zero-order valence-corrected chi connectivity index (χ0v) is 26.0. The van der Waals surface area contributed by atoms with E-state index >= 15 is 0 Å². The molecule has 0 bridgehead atoms. The second-order valence-electron chi connectivity index (χ2n) is 11.9. The number of benzene rings is 3. The van der Waals surface area contributed by atoms with Crippen molar-refractivity contribution >= 4 is 32.5 Å². The first kappa shape index (κ1) is 30.1. The molecule has 1 unspecified atom stereocenters. The van der Waals surface area contributed by atoms with Crippen LogP contribution in [0.4, 0.5) is 5.69 Å². The maximum Gasteiger partial charge on any atom is 0.264 e. The van der Waals surface area contributed by atoms with Crippen molar-refractivity contribution in [3.05, 3.63) is 96.2 Å². The summed E-state index contributed by atoms with van der Waals surface area (Å²) in [5.41, 5.74) is 2.52. The summed E-state index contributed by atoms with van der Waals surface area (Å²) in [5.74, 6) is 1.54. The highest BCUT2D eigenvalue weighted by Gasteiger charge is 2.25. The maximum absolute atomic E-state index is 13.3. The molecule has 8 nitrogen and oxygen atoms in total. The number of aromatic nitrogens is 1. The fourth-order valence-corrected chi connectivity index (χ4v) is 7.61. The van der Waals surface area contributed by atoms with E-state index in [4.69, 9.17) is 4.74 Å². The Balaban J connectivity index is 0.00000400. The van der Waals surface area contributed by atoms with Crippen LogP contribution in [-0.2, 0) is 16.6 Å². The Hall–Kier alpha value is -3.95. The van der Waals surface area contributed by atoms with Crippen LogP contribution in [0.15, 0.2) is 90.0 Å². The average Bonchev–Trinajstić information content (AvgIpc) is 3.06. The highest BCUT2D eigenvalue weighted by Crippen LogP contribution is 2.31. The number of sulfonamides is 1. The van der Waals surface area contributed by atoms with Gasteiger partial charge in [-0.3, -0.25) is 19.4 Å². The number of carbonyl (C=O) groups excluding carboxylic acids is 1. The van der Waals surface area contributed by atoms with E-state index in [0.29, 0.717) is 35.8 Å². The van der Waals surface area contributed by atoms with Gasteiger partial charge in [0.1, 0.15) is 10.6 Å². The minimum Gasteiger partial charge on any atom is -0.490 e. The molecule has 4 aromatic rings. The quantitative estimate of drug-likeness (QED) is 0.229. The molecule has 2 aliphatic rings. The van der Waals surface area contributed by atoms with Gasteiger partial charge in [0.15, 0.2) is 0 Å². The summed E-state index contributed by atoms with van der Waals surface area (Å²) in [6.07, 6.45) is 8.23. The van der Waals surface area contributed by atoms with Crippen molar-refractivity contribution in [3.63, 3.8) is 0 Å². The number of hydrogen-bond acceptors (Lipinski definition) is 6. The molecule has 9 heteroatoms. The number of para-hydroxylation sites is 2. The number of anilines is 1. The molecule has 1 atom stereocenters. The number of nitrogens with one attached hydrogen (secondary N) is 1. The molecule has 1 aliphatic heterocycles. The van der Waals surface area contributed by atoms with Gasteiger partial charge in [0, 0.05) is 62.5 Å². The largest absolute Gasteiger partial charge is 0.490 e. The standard InChI is InChI=1S/C35H40N4O4S.H2/c1-26(27-9-3-2-4-10-27)43-32-14-6-5-11-30(32)25-38-21-23-39(24-22-38)35(40)29-16-18-31(19-17-29)37-44(41,42)33-15-7-12-28-13-8-20-36-34(28)33;/h5-8,11-20,26-27,37H,2-4,9-10,21-25H2,1H3;1H. The van der Waals surface area contributed by atoms with E-state index in [-0.39, 0.29) is 18.3 Å². The monoisotopic (exact) mass is 614 g/mol. The van der Waals surface area contributed by atoms with Crippen LogP contribution in [-0.4, -0.2) is 61.4 Å². The normalized spacial score (nSPS) is 17.3. The molecule has 1 N–H and O–H groups in total. The Kier molecular flexibility index (Phi) is 9.14. The summed E-state index contributed by atoms with van der Waals surface area (Å²) in [6.45, 7) is 5.80. The molecule has 44 heavy (non-hydrogen) atoms. The lowest BCUT2D eigenvalue weighted by atomic mass is 9.86. The predicted octanol–water partition coefficient (Wildman–Crippen LogP) is 6.59. The molecule has 2 fully saturated rings. The molecule has 0 spiro atoms. The van der Waals surface area contributed by atoms with Gasteiger partial charge in [-0.05, 0) is 68.1 Å². The first-order valence-electron chi connectivity index (χ1n) is 15.6. The fraction of sp³-hybridized carbons (Fsp3) is 0.371. The summed E-state index contributed by atoms with van der Waals surface area (Å²) in [6, 6.07) is 23.6. The Labute approximate surface area is 261 Å². The Morgan fingerprint density at radius 3 is 2.43 bits per heavy atom. The van der Waals surface area contributed by atoms with E-state index in [1.54, 1.807) is 48.7 Å². The molecule has 1 saturated carbocycles. The smallest absolute Gasteiger partial charge is 0.264 e. The minimum absolute atomic E-state index is 0. The number of rotatable bonds is 9. The predicted molar refractivity (Wildman–Crippen MR) is 175 cm³/mol. The van der Waals surface area contributed by atoms with Crippen LogP contribution in [0, 0.1) is 5.92 Å². The Bertz CT molecular complexity index is 1700. The van der Waals surface area contributed by atoms with Crippen molar-refractivity contribution in [3.8, 4) is 5.75 Å². The lowest BCUT2D eigenvalue weighted by molar-refractivity contribution is 0.0624. The van der Waals surface area contributed by atoms with Gasteiger partial charge in [0.25, 0.3) is 15.9 Å². The number of carbonyl (C=O) groups is 1. The van der Waals surface area contributed by atoms with Crippen LogP contribution < -0.4 is 9.46 Å². The molecular weight excluding hydrogens is 572 g/mol. The molecule has 1 aliphatic carbocycles. The highest BCUT2D eigenvalue weighted by molar-refractivity contribution is 7.93. The summed E-state index contributed by atoms with van der Waals surface area (Å²) >= 11 is 0. The number of piperazine rings is 1. The van der Waals surface area contributed by atoms with Crippen LogP contribution >= 0.6 is 0 Å². The van der Waals surface area contributed by atoms with Crippen LogP contribution in [0.1, 0.15) is 56.4 Å². The molecule has 2 heterocycles. The van der Waals surface area contributed by atoms with E-state index in [9.17, 15) is 13.2 Å². The lowest BCUT2D eigenvalue weighted by Crippen LogP contribution is -2.48. The first-order chi connectivity index (χ1) is 21.4. The number of ether oxygens (including phenoxy) is 1. The van der Waals surface area contributed by atoms with Gasteiger partial charge in [-0.15, -0.1) is 0 Å². The van der Waals surface area contributed by atoms with Gasteiger partial charge in [0.2, 0.25) is 0 Å². The number of amides is 1. The average molecular weight is 615 g/mol. The molecule has 232 valence electrons. The summed E-state index contributed by atoms with van der Waals surface area (Å²) in [7, 11) is -3.86. The topological polar surface area (TPSA) is 91.8 Å². The molecule has 1 saturated heterocycles. The van der Waals surface area contributed by atoms with Crippen molar-refractivity contribution in [1.82, 2.24) is 14.8 Å². The zero-order valence-electron chi connectivity index (χ0n) is 25.2. The fourth-order valence-electron chi connectivity index (χ4n) is 6.37. The molecule has 3 aromatic carbocycles. The zero-order chi connectivity index (χ0) is 30.5. The van der Waals surface area contributed by atoms with Crippen molar-refractivity contribution < 1.29 is 19.4 Å². The van der Waals surface area contributed by atoms with Crippen molar-refractivity contribution in [1.29, 1.82) is 0 Å². The minimum atomic E-state index is -3.86. The third kappa shape index (κ3) is 6.89. The Morgan fingerprint density at radius 2 is 1.66 bits per heavy atom. The van der Waals surface area contributed by atoms with Crippen LogP contribution in [0.2, 0.25) is 0 Å². The third-order valence-electron chi connectivity index (χ3n) is 8.92. The van der Waals surface area contributed by atoms with Gasteiger partial charge < -0.3 is 9.64 Å². The van der Waals surface area contributed by atoms with E-state index < -0.39 is 10.0 Å². The number of fused-ring (bicyclic) bond motifs is 1. The molecule has 1 aromatic heterocycles. The molecule has 6 rings (SSSR count). The first-order valence-corrected chi connectivity index (χ1v) is 17.1. The molecular formula is C35H42N4O4S.